The Morgan fingerprint density at radius 3 is 3.06 bits per heavy atom. The predicted octanol–water partition coefficient (Wildman–Crippen LogP) is 0.655. The Kier molecular flexibility index (Phi) is 2.08. The molecule has 3 aromatic heterocycles. The smallest absolute Gasteiger partial charge is 0.299 e. The van der Waals surface area contributed by atoms with Gasteiger partial charge in [0.05, 0.1) is 0 Å². The normalized spacial score (nSPS) is 10.6. The third-order valence-corrected chi connectivity index (χ3v) is 2.24. The molecule has 0 spiro atoms. The Morgan fingerprint density at radius 1 is 1.35 bits per heavy atom. The number of nitrogens with zero attached hydrogens (tertiary/aromatic N) is 4. The fourth-order valence-electron chi connectivity index (χ4n) is 1.53. The van der Waals surface area contributed by atoms with Gasteiger partial charge in [-0.2, -0.15) is 0 Å². The van der Waals surface area contributed by atoms with Gasteiger partial charge in [0.25, 0.3) is 6.47 Å². The molecule has 0 bridgehead atoms. The standard InChI is InChI=1S/C10H7N5O2/c16-6-17-9-5-8-12-13-10(15(8)14-9)7-3-1-2-4-11-7/h1-6,14H. The number of nitrogens with one attached hydrogen (secondary N) is 1. The molecular weight excluding hydrogens is 222 g/mol. The average molecular weight is 229 g/mol. The van der Waals surface area contributed by atoms with E-state index < -0.39 is 0 Å². The quantitative estimate of drug-likeness (QED) is 0.666. The average Bonchev–Trinajstić information content (AvgIpc) is 2.90. The number of hydrogen-bond donors (Lipinski definition) is 1. The highest BCUT2D eigenvalue weighted by Gasteiger charge is 2.11. The summed E-state index contributed by atoms with van der Waals surface area (Å²) in [6, 6.07) is 7.07. The summed E-state index contributed by atoms with van der Waals surface area (Å²) in [6.07, 6.45) is 1.67. The number of pyridine rings is 1. The van der Waals surface area contributed by atoms with E-state index in [0.29, 0.717) is 29.5 Å². The van der Waals surface area contributed by atoms with E-state index in [9.17, 15) is 4.79 Å². The van der Waals surface area contributed by atoms with Crippen LogP contribution in [0.4, 0.5) is 0 Å². The molecule has 0 aromatic carbocycles. The lowest BCUT2D eigenvalue weighted by Gasteiger charge is -1.95. The molecular formula is C10H7N5O2. The van der Waals surface area contributed by atoms with Crippen LogP contribution in [0.15, 0.2) is 30.5 Å². The molecule has 3 heterocycles. The van der Waals surface area contributed by atoms with E-state index >= 15 is 0 Å². The van der Waals surface area contributed by atoms with Crippen LogP contribution in [0.25, 0.3) is 17.2 Å². The first kappa shape index (κ1) is 9.52. The minimum absolute atomic E-state index is 0.307. The Hall–Kier alpha value is -2.70. The van der Waals surface area contributed by atoms with Gasteiger partial charge in [0, 0.05) is 12.3 Å². The zero-order chi connectivity index (χ0) is 11.7. The minimum Gasteiger partial charge on any atom is -0.410 e. The number of hydrogen-bond acceptors (Lipinski definition) is 5. The van der Waals surface area contributed by atoms with E-state index in [2.05, 4.69) is 20.3 Å². The molecule has 7 heteroatoms. The SMILES string of the molecule is O=COc1cc2nnc(-c3ccccn3)n2[nH]1. The summed E-state index contributed by atoms with van der Waals surface area (Å²) in [6.45, 7) is 0.346. The van der Waals surface area contributed by atoms with Crippen molar-refractivity contribution >= 4 is 12.1 Å². The van der Waals surface area contributed by atoms with E-state index in [1.54, 1.807) is 16.8 Å². The van der Waals surface area contributed by atoms with Crippen LogP contribution >= 0.6 is 0 Å². The first-order valence-corrected chi connectivity index (χ1v) is 4.84. The van der Waals surface area contributed by atoms with E-state index in [0.717, 1.165) is 0 Å². The van der Waals surface area contributed by atoms with Crippen molar-refractivity contribution in [3.05, 3.63) is 30.5 Å². The molecule has 0 unspecified atom stereocenters. The van der Waals surface area contributed by atoms with Gasteiger partial charge in [-0.05, 0) is 12.1 Å². The minimum atomic E-state index is 0.307. The van der Waals surface area contributed by atoms with Crippen LogP contribution in [0.5, 0.6) is 5.88 Å². The number of ether oxygens (including phenoxy) is 1. The first-order chi connectivity index (χ1) is 8.38. The number of aromatic nitrogens is 5. The maximum absolute atomic E-state index is 10.2. The lowest BCUT2D eigenvalue weighted by Crippen LogP contribution is -1.94. The second kappa shape index (κ2) is 3.71. The molecule has 0 aliphatic rings. The van der Waals surface area contributed by atoms with Crippen LogP contribution < -0.4 is 4.74 Å². The largest absolute Gasteiger partial charge is 0.410 e. The second-order valence-corrected chi connectivity index (χ2v) is 3.27. The molecule has 3 aromatic rings. The lowest BCUT2D eigenvalue weighted by atomic mass is 10.3. The van der Waals surface area contributed by atoms with Crippen LogP contribution in [0.1, 0.15) is 0 Å². The van der Waals surface area contributed by atoms with Crippen LogP contribution in [0.2, 0.25) is 0 Å². The predicted molar refractivity (Wildman–Crippen MR) is 57.3 cm³/mol. The summed E-state index contributed by atoms with van der Waals surface area (Å²) in [5.41, 5.74) is 1.24. The van der Waals surface area contributed by atoms with Gasteiger partial charge < -0.3 is 4.74 Å². The summed E-state index contributed by atoms with van der Waals surface area (Å²) in [7, 11) is 0. The molecule has 84 valence electrons. The number of rotatable bonds is 3. The molecule has 7 nitrogen and oxygen atoms in total. The van der Waals surface area contributed by atoms with E-state index in [1.807, 2.05) is 18.2 Å². The van der Waals surface area contributed by atoms with Gasteiger partial charge in [0.2, 0.25) is 11.7 Å². The van der Waals surface area contributed by atoms with Crippen molar-refractivity contribution in [3.63, 3.8) is 0 Å². The van der Waals surface area contributed by atoms with Gasteiger partial charge in [-0.25, -0.2) is 4.52 Å². The van der Waals surface area contributed by atoms with Crippen molar-refractivity contribution in [2.45, 2.75) is 0 Å². The van der Waals surface area contributed by atoms with Crippen LogP contribution in [0, 0.1) is 0 Å². The van der Waals surface area contributed by atoms with E-state index in [-0.39, 0.29) is 0 Å². The fourth-order valence-corrected chi connectivity index (χ4v) is 1.53. The highest BCUT2D eigenvalue weighted by Crippen LogP contribution is 2.18. The molecule has 0 aliphatic heterocycles. The highest BCUT2D eigenvalue weighted by atomic mass is 16.5. The molecule has 17 heavy (non-hydrogen) atoms. The van der Waals surface area contributed by atoms with Crippen molar-refractivity contribution in [2.24, 2.45) is 0 Å². The van der Waals surface area contributed by atoms with Gasteiger partial charge in [-0.3, -0.25) is 14.9 Å². The van der Waals surface area contributed by atoms with Crippen LogP contribution in [-0.4, -0.2) is 31.3 Å². The first-order valence-electron chi connectivity index (χ1n) is 4.84. The van der Waals surface area contributed by atoms with Crippen molar-refractivity contribution < 1.29 is 9.53 Å². The number of carbonyl (C=O) groups excluding carboxylic acids is 1. The fraction of sp³-hybridized carbons (Fsp3) is 0. The Balaban J connectivity index is 2.14. The van der Waals surface area contributed by atoms with Gasteiger partial charge in [0.1, 0.15) is 5.69 Å². The van der Waals surface area contributed by atoms with Gasteiger partial charge in [-0.1, -0.05) is 6.07 Å². The summed E-state index contributed by atoms with van der Waals surface area (Å²) in [4.78, 5) is 14.4. The number of carbonyl (C=O) groups is 1. The maximum Gasteiger partial charge on any atom is 0.299 e. The molecule has 0 atom stereocenters. The number of aromatic amines is 1. The molecule has 3 rings (SSSR count). The maximum atomic E-state index is 10.2. The van der Waals surface area contributed by atoms with Crippen molar-refractivity contribution in [2.75, 3.05) is 0 Å². The van der Waals surface area contributed by atoms with E-state index in [1.165, 1.54) is 0 Å². The molecule has 0 saturated carbocycles. The molecule has 0 fully saturated rings. The van der Waals surface area contributed by atoms with Crippen molar-refractivity contribution in [1.29, 1.82) is 0 Å². The molecule has 0 saturated heterocycles. The van der Waals surface area contributed by atoms with Crippen molar-refractivity contribution in [1.82, 2.24) is 24.8 Å². The second-order valence-electron chi connectivity index (χ2n) is 3.27. The zero-order valence-corrected chi connectivity index (χ0v) is 8.57. The monoisotopic (exact) mass is 229 g/mol. The number of H-pyrrole nitrogens is 1. The Labute approximate surface area is 95.1 Å². The molecule has 0 amide bonds. The Morgan fingerprint density at radius 2 is 2.29 bits per heavy atom. The van der Waals surface area contributed by atoms with Gasteiger partial charge in [-0.15, -0.1) is 10.2 Å². The summed E-state index contributed by atoms with van der Waals surface area (Å²) < 4.78 is 6.29. The highest BCUT2D eigenvalue weighted by molar-refractivity contribution is 5.56. The lowest BCUT2D eigenvalue weighted by molar-refractivity contribution is -0.120. The van der Waals surface area contributed by atoms with Gasteiger partial charge >= 0.3 is 0 Å². The van der Waals surface area contributed by atoms with Crippen LogP contribution in [-0.2, 0) is 4.79 Å². The van der Waals surface area contributed by atoms with Crippen LogP contribution in [0.3, 0.4) is 0 Å². The van der Waals surface area contributed by atoms with Crippen molar-refractivity contribution in [3.8, 4) is 17.4 Å². The number of fused-ring (bicyclic) bond motifs is 1. The summed E-state index contributed by atoms with van der Waals surface area (Å²) in [5, 5.41) is 10.8. The molecule has 0 aliphatic carbocycles. The topological polar surface area (TPSA) is 85.2 Å². The third kappa shape index (κ3) is 1.53. The summed E-state index contributed by atoms with van der Waals surface area (Å²) in [5.74, 6) is 0.864. The van der Waals surface area contributed by atoms with E-state index in [4.69, 9.17) is 4.74 Å². The molecule has 0 radical (unpaired) electrons. The van der Waals surface area contributed by atoms with Gasteiger partial charge in [0.15, 0.2) is 5.65 Å². The molecule has 1 N–H and O–H groups in total. The summed E-state index contributed by atoms with van der Waals surface area (Å²) >= 11 is 0. The third-order valence-electron chi connectivity index (χ3n) is 2.24. The zero-order valence-electron chi connectivity index (χ0n) is 8.57. The Bertz CT molecular complexity index is 658.